The number of benzene rings is 3. The van der Waals surface area contributed by atoms with Gasteiger partial charge in [0.1, 0.15) is 11.6 Å². The Kier molecular flexibility index (Phi) is 7.18. The molecule has 4 rings (SSSR count). The molecule has 0 spiro atoms. The highest BCUT2D eigenvalue weighted by Gasteiger charge is 2.27. The summed E-state index contributed by atoms with van der Waals surface area (Å²) in [5, 5.41) is 0. The number of hydrogen-bond acceptors (Lipinski definition) is 0. The normalized spacial score (nSPS) is 15.0. The molecular weight excluding hydrogens is 424 g/mol. The van der Waals surface area contributed by atoms with Crippen molar-refractivity contribution in [2.24, 2.45) is 0 Å². The monoisotopic (exact) mass is 450 g/mol. The van der Waals surface area contributed by atoms with Gasteiger partial charge in [-0.05, 0) is 90.6 Å². The summed E-state index contributed by atoms with van der Waals surface area (Å²) in [6.07, 6.45) is 4.85. The number of unbranched alkanes of at least 4 members (excludes halogenated alkanes) is 2. The molecule has 0 radical (unpaired) electrons. The van der Waals surface area contributed by atoms with Gasteiger partial charge in [0.05, 0.1) is 5.56 Å². The van der Waals surface area contributed by atoms with Gasteiger partial charge < -0.3 is 0 Å². The molecular formula is C29H26F4. The van der Waals surface area contributed by atoms with Gasteiger partial charge in [0, 0.05) is 5.56 Å². The lowest BCUT2D eigenvalue weighted by Gasteiger charge is -2.26. The van der Waals surface area contributed by atoms with E-state index >= 15 is 4.39 Å². The van der Waals surface area contributed by atoms with Crippen LogP contribution in [0.2, 0.25) is 0 Å². The molecule has 0 N–H and O–H groups in total. The molecule has 0 amide bonds. The van der Waals surface area contributed by atoms with Crippen LogP contribution in [0, 0.1) is 35.1 Å². The number of hydrogen-bond donors (Lipinski definition) is 0. The predicted octanol–water partition coefficient (Wildman–Crippen LogP) is 7.65. The van der Waals surface area contributed by atoms with Gasteiger partial charge in [-0.2, -0.15) is 0 Å². The molecule has 0 saturated carbocycles. The first kappa shape index (κ1) is 23.1. The molecule has 0 saturated heterocycles. The van der Waals surface area contributed by atoms with E-state index in [1.807, 2.05) is 6.07 Å². The molecule has 4 heteroatoms. The largest absolute Gasteiger partial charge is 0.207 e. The Hall–Kier alpha value is -3.06. The van der Waals surface area contributed by atoms with E-state index in [-0.39, 0.29) is 23.1 Å². The minimum absolute atomic E-state index is 0.188. The van der Waals surface area contributed by atoms with Gasteiger partial charge in [-0.3, -0.25) is 0 Å². The third kappa shape index (κ3) is 5.14. The van der Waals surface area contributed by atoms with Crippen molar-refractivity contribution in [3.8, 4) is 11.8 Å². The number of rotatable bonds is 5. The van der Waals surface area contributed by atoms with Crippen molar-refractivity contribution >= 4 is 0 Å². The smallest absolute Gasteiger partial charge is 0.162 e. The molecule has 0 aromatic heterocycles. The van der Waals surface area contributed by atoms with Crippen LogP contribution < -0.4 is 0 Å². The topological polar surface area (TPSA) is 0 Å². The lowest BCUT2D eigenvalue weighted by molar-refractivity contribution is 0.462. The van der Waals surface area contributed by atoms with Gasteiger partial charge >= 0.3 is 0 Å². The summed E-state index contributed by atoms with van der Waals surface area (Å²) in [6.45, 7) is 2.07. The molecule has 1 aliphatic rings. The van der Waals surface area contributed by atoms with Crippen molar-refractivity contribution in [3.05, 3.63) is 105 Å². The summed E-state index contributed by atoms with van der Waals surface area (Å²) in [7, 11) is 0. The molecule has 0 bridgehead atoms. The summed E-state index contributed by atoms with van der Waals surface area (Å²) in [5.41, 5.74) is 3.08. The summed E-state index contributed by atoms with van der Waals surface area (Å²) in [6, 6.07) is 12.6. The van der Waals surface area contributed by atoms with E-state index in [1.54, 1.807) is 30.3 Å². The first-order valence-corrected chi connectivity index (χ1v) is 11.5. The van der Waals surface area contributed by atoms with Crippen molar-refractivity contribution in [3.63, 3.8) is 0 Å². The highest BCUT2D eigenvalue weighted by Crippen LogP contribution is 2.36. The van der Waals surface area contributed by atoms with Gasteiger partial charge in [-0.25, -0.2) is 17.6 Å². The fourth-order valence-corrected chi connectivity index (χ4v) is 4.52. The number of halogens is 4. The van der Waals surface area contributed by atoms with Crippen LogP contribution in [0.25, 0.3) is 0 Å². The lowest BCUT2D eigenvalue weighted by Crippen LogP contribution is -2.17. The van der Waals surface area contributed by atoms with Crippen LogP contribution in [0.4, 0.5) is 17.6 Å². The van der Waals surface area contributed by atoms with Gasteiger partial charge in [0.15, 0.2) is 11.6 Å². The van der Waals surface area contributed by atoms with E-state index < -0.39 is 11.6 Å². The highest BCUT2D eigenvalue weighted by molar-refractivity contribution is 5.48. The first-order chi connectivity index (χ1) is 16.0. The van der Waals surface area contributed by atoms with Crippen LogP contribution in [0.15, 0.2) is 48.5 Å². The zero-order valence-corrected chi connectivity index (χ0v) is 18.7. The van der Waals surface area contributed by atoms with Crippen molar-refractivity contribution in [2.75, 3.05) is 0 Å². The predicted molar refractivity (Wildman–Crippen MR) is 123 cm³/mol. The standard InChI is InChI=1S/C29H26F4/c1-2-3-4-5-20-12-16-26(29(33)28(20)32)23-13-17-25-22(18-23)11-10-21(27(25)31)9-6-19-7-14-24(30)15-8-19/h7-8,10-12,14-16,23H,2-5,13,17-18H2,1H3. The molecule has 0 fully saturated rings. The average molecular weight is 451 g/mol. The van der Waals surface area contributed by atoms with Crippen molar-refractivity contribution in [1.82, 2.24) is 0 Å². The van der Waals surface area contributed by atoms with E-state index in [4.69, 9.17) is 0 Å². The Bertz CT molecular complexity index is 1200. The summed E-state index contributed by atoms with van der Waals surface area (Å²) >= 11 is 0. The third-order valence-electron chi connectivity index (χ3n) is 6.42. The molecule has 1 aliphatic carbocycles. The maximum absolute atomic E-state index is 15.1. The van der Waals surface area contributed by atoms with Crippen LogP contribution in [0.3, 0.4) is 0 Å². The molecule has 1 unspecified atom stereocenters. The van der Waals surface area contributed by atoms with Gasteiger partial charge in [-0.15, -0.1) is 0 Å². The summed E-state index contributed by atoms with van der Waals surface area (Å²) in [5.74, 6) is 3.28. The minimum Gasteiger partial charge on any atom is -0.207 e. The second-order valence-electron chi connectivity index (χ2n) is 8.66. The van der Waals surface area contributed by atoms with Gasteiger partial charge in [0.2, 0.25) is 0 Å². The van der Waals surface area contributed by atoms with Crippen LogP contribution in [0.5, 0.6) is 0 Å². The van der Waals surface area contributed by atoms with Crippen LogP contribution in [-0.4, -0.2) is 0 Å². The average Bonchev–Trinajstić information content (AvgIpc) is 2.82. The van der Waals surface area contributed by atoms with Gasteiger partial charge in [-0.1, -0.05) is 49.8 Å². The summed E-state index contributed by atoms with van der Waals surface area (Å²) in [4.78, 5) is 0. The zero-order valence-electron chi connectivity index (χ0n) is 18.7. The highest BCUT2D eigenvalue weighted by atomic mass is 19.2. The van der Waals surface area contributed by atoms with E-state index in [9.17, 15) is 13.2 Å². The Morgan fingerprint density at radius 3 is 2.36 bits per heavy atom. The molecule has 0 heterocycles. The van der Waals surface area contributed by atoms with Gasteiger partial charge in [0.25, 0.3) is 0 Å². The Morgan fingerprint density at radius 1 is 0.818 bits per heavy atom. The molecule has 3 aromatic carbocycles. The number of fused-ring (bicyclic) bond motifs is 1. The Labute approximate surface area is 192 Å². The fraction of sp³-hybridized carbons (Fsp3) is 0.310. The molecule has 0 aliphatic heterocycles. The first-order valence-electron chi connectivity index (χ1n) is 11.5. The maximum Gasteiger partial charge on any atom is 0.162 e. The summed E-state index contributed by atoms with van der Waals surface area (Å²) < 4.78 is 57.6. The fourth-order valence-electron chi connectivity index (χ4n) is 4.52. The Morgan fingerprint density at radius 2 is 1.61 bits per heavy atom. The number of aryl methyl sites for hydroxylation is 1. The van der Waals surface area contributed by atoms with E-state index in [1.165, 1.54) is 12.1 Å². The Balaban J connectivity index is 1.53. The minimum atomic E-state index is -0.764. The second-order valence-corrected chi connectivity index (χ2v) is 8.66. The van der Waals surface area contributed by atoms with Crippen LogP contribution in [-0.2, 0) is 19.3 Å². The third-order valence-corrected chi connectivity index (χ3v) is 6.42. The zero-order chi connectivity index (χ0) is 23.4. The second kappa shape index (κ2) is 10.3. The SMILES string of the molecule is CCCCCc1ccc(C2CCc3c(ccc(C#Cc4ccc(F)cc4)c3F)C2)c(F)c1F. The van der Waals surface area contributed by atoms with E-state index in [0.29, 0.717) is 47.9 Å². The maximum atomic E-state index is 15.1. The van der Waals surface area contributed by atoms with Crippen molar-refractivity contribution in [1.29, 1.82) is 0 Å². The molecule has 0 nitrogen and oxygen atoms in total. The van der Waals surface area contributed by atoms with Crippen molar-refractivity contribution < 1.29 is 17.6 Å². The van der Waals surface area contributed by atoms with Crippen LogP contribution in [0.1, 0.15) is 71.9 Å². The quantitative estimate of drug-likeness (QED) is 0.213. The van der Waals surface area contributed by atoms with Crippen molar-refractivity contribution in [2.45, 2.75) is 57.8 Å². The lowest BCUT2D eigenvalue weighted by atomic mass is 9.79. The van der Waals surface area contributed by atoms with E-state index in [2.05, 4.69) is 18.8 Å². The molecule has 33 heavy (non-hydrogen) atoms. The molecule has 1 atom stereocenters. The van der Waals surface area contributed by atoms with E-state index in [0.717, 1.165) is 24.8 Å². The van der Waals surface area contributed by atoms with Crippen LogP contribution >= 0.6 is 0 Å². The molecule has 3 aromatic rings. The molecule has 170 valence electrons.